The lowest BCUT2D eigenvalue weighted by Gasteiger charge is -2.10. The van der Waals surface area contributed by atoms with Crippen molar-refractivity contribution in [3.05, 3.63) is 66.2 Å². The molecule has 1 amide bonds. The summed E-state index contributed by atoms with van der Waals surface area (Å²) < 4.78 is 5.16. The minimum Gasteiger partial charge on any atom is -0.452 e. The van der Waals surface area contributed by atoms with Crippen molar-refractivity contribution in [2.75, 3.05) is 13.2 Å². The highest BCUT2D eigenvalue weighted by Crippen LogP contribution is 2.25. The zero-order valence-corrected chi connectivity index (χ0v) is 14.5. The SMILES string of the molecule is N#CCCNC(=O)COC(=O)c1cc(-c2ccccc2)nc2ccccc12. The van der Waals surface area contributed by atoms with Crippen molar-refractivity contribution < 1.29 is 14.3 Å². The highest BCUT2D eigenvalue weighted by Gasteiger charge is 2.16. The Bertz CT molecular complexity index is 1010. The summed E-state index contributed by atoms with van der Waals surface area (Å²) in [5.74, 6) is -1.04. The average Bonchev–Trinajstić information content (AvgIpc) is 2.72. The van der Waals surface area contributed by atoms with Gasteiger partial charge < -0.3 is 10.1 Å². The first kappa shape index (κ1) is 18.1. The third-order valence-corrected chi connectivity index (χ3v) is 3.90. The van der Waals surface area contributed by atoms with Crippen molar-refractivity contribution in [1.82, 2.24) is 10.3 Å². The Morgan fingerprint density at radius 3 is 2.59 bits per heavy atom. The van der Waals surface area contributed by atoms with E-state index in [1.807, 2.05) is 54.6 Å². The molecule has 3 aromatic rings. The van der Waals surface area contributed by atoms with E-state index in [9.17, 15) is 9.59 Å². The van der Waals surface area contributed by atoms with E-state index in [1.165, 1.54) is 0 Å². The molecule has 0 aliphatic carbocycles. The Labute approximate surface area is 156 Å². The maximum absolute atomic E-state index is 12.6. The van der Waals surface area contributed by atoms with Crippen LogP contribution in [0.1, 0.15) is 16.8 Å². The number of ether oxygens (including phenoxy) is 1. The molecule has 134 valence electrons. The maximum Gasteiger partial charge on any atom is 0.339 e. The minimum atomic E-state index is -0.596. The molecule has 1 heterocycles. The maximum atomic E-state index is 12.6. The number of rotatable bonds is 6. The summed E-state index contributed by atoms with van der Waals surface area (Å²) >= 11 is 0. The van der Waals surface area contributed by atoms with Crippen LogP contribution >= 0.6 is 0 Å². The molecule has 0 saturated carbocycles. The first-order valence-corrected chi connectivity index (χ1v) is 8.45. The second-order valence-electron chi connectivity index (χ2n) is 5.77. The summed E-state index contributed by atoms with van der Waals surface area (Å²) in [5, 5.41) is 11.6. The molecule has 6 heteroatoms. The molecule has 1 N–H and O–H groups in total. The number of benzene rings is 2. The molecule has 0 saturated heterocycles. The Morgan fingerprint density at radius 1 is 1.07 bits per heavy atom. The molecule has 0 spiro atoms. The summed E-state index contributed by atoms with van der Waals surface area (Å²) in [4.78, 5) is 28.9. The molecule has 0 unspecified atom stereocenters. The zero-order chi connectivity index (χ0) is 19.1. The smallest absolute Gasteiger partial charge is 0.339 e. The van der Waals surface area contributed by atoms with Crippen LogP contribution in [0, 0.1) is 11.3 Å². The molecular weight excluding hydrogens is 342 g/mol. The average molecular weight is 359 g/mol. The molecular formula is C21H17N3O3. The van der Waals surface area contributed by atoms with Gasteiger partial charge in [0.15, 0.2) is 6.61 Å². The molecule has 3 rings (SSSR count). The van der Waals surface area contributed by atoms with Crippen LogP contribution in [-0.4, -0.2) is 30.0 Å². The number of nitrogens with one attached hydrogen (secondary N) is 1. The summed E-state index contributed by atoms with van der Waals surface area (Å²) in [7, 11) is 0. The van der Waals surface area contributed by atoms with Crippen LogP contribution < -0.4 is 5.32 Å². The van der Waals surface area contributed by atoms with Crippen LogP contribution in [0.3, 0.4) is 0 Å². The molecule has 2 aromatic carbocycles. The predicted molar refractivity (Wildman–Crippen MR) is 101 cm³/mol. The largest absolute Gasteiger partial charge is 0.452 e. The van der Waals surface area contributed by atoms with E-state index in [0.717, 1.165) is 5.56 Å². The highest BCUT2D eigenvalue weighted by molar-refractivity contribution is 6.05. The number of fused-ring (bicyclic) bond motifs is 1. The van der Waals surface area contributed by atoms with Crippen molar-refractivity contribution in [2.24, 2.45) is 0 Å². The number of pyridine rings is 1. The van der Waals surface area contributed by atoms with Crippen molar-refractivity contribution in [3.8, 4) is 17.3 Å². The molecule has 0 bridgehead atoms. The Kier molecular flexibility index (Phi) is 5.75. The number of amides is 1. The number of nitrogens with zero attached hydrogens (tertiary/aromatic N) is 2. The van der Waals surface area contributed by atoms with Gasteiger partial charge in [0.1, 0.15) is 0 Å². The number of aromatic nitrogens is 1. The van der Waals surface area contributed by atoms with Gasteiger partial charge in [0, 0.05) is 17.5 Å². The third kappa shape index (κ3) is 4.47. The number of hydrogen-bond donors (Lipinski definition) is 1. The van der Waals surface area contributed by atoms with Gasteiger partial charge in [-0.3, -0.25) is 4.79 Å². The van der Waals surface area contributed by atoms with Gasteiger partial charge in [0.25, 0.3) is 5.91 Å². The number of carbonyl (C=O) groups excluding carboxylic acids is 2. The summed E-state index contributed by atoms with van der Waals surface area (Å²) in [6.45, 7) is -0.176. The first-order chi connectivity index (χ1) is 13.2. The van der Waals surface area contributed by atoms with Gasteiger partial charge in [-0.2, -0.15) is 5.26 Å². The van der Waals surface area contributed by atoms with Gasteiger partial charge in [0.05, 0.1) is 29.3 Å². The number of esters is 1. The van der Waals surface area contributed by atoms with Crippen LogP contribution in [-0.2, 0) is 9.53 Å². The van der Waals surface area contributed by atoms with E-state index in [0.29, 0.717) is 22.2 Å². The molecule has 27 heavy (non-hydrogen) atoms. The number of carbonyl (C=O) groups is 2. The molecule has 0 aliphatic rings. The molecule has 0 atom stereocenters. The van der Waals surface area contributed by atoms with Crippen LogP contribution in [0.25, 0.3) is 22.2 Å². The zero-order valence-electron chi connectivity index (χ0n) is 14.5. The van der Waals surface area contributed by atoms with E-state index in [4.69, 9.17) is 10.00 Å². The Morgan fingerprint density at radius 2 is 1.81 bits per heavy atom. The van der Waals surface area contributed by atoms with E-state index >= 15 is 0 Å². The quantitative estimate of drug-likeness (QED) is 0.539. The van der Waals surface area contributed by atoms with Crippen LogP contribution in [0.4, 0.5) is 0 Å². The molecule has 0 radical (unpaired) electrons. The van der Waals surface area contributed by atoms with Crippen LogP contribution in [0.5, 0.6) is 0 Å². The fraction of sp³-hybridized carbons (Fsp3) is 0.143. The summed E-state index contributed by atoms with van der Waals surface area (Å²) in [6.07, 6.45) is 0.203. The highest BCUT2D eigenvalue weighted by atomic mass is 16.5. The second kappa shape index (κ2) is 8.59. The van der Waals surface area contributed by atoms with Gasteiger partial charge in [-0.25, -0.2) is 9.78 Å². The number of nitriles is 1. The van der Waals surface area contributed by atoms with Crippen molar-refractivity contribution in [2.45, 2.75) is 6.42 Å². The van der Waals surface area contributed by atoms with Gasteiger partial charge in [-0.15, -0.1) is 0 Å². The lowest BCUT2D eigenvalue weighted by Crippen LogP contribution is -2.29. The fourth-order valence-electron chi connectivity index (χ4n) is 2.62. The Balaban J connectivity index is 1.85. The fourth-order valence-corrected chi connectivity index (χ4v) is 2.62. The van der Waals surface area contributed by atoms with E-state index in [1.54, 1.807) is 12.1 Å². The van der Waals surface area contributed by atoms with Crippen molar-refractivity contribution >= 4 is 22.8 Å². The summed E-state index contributed by atoms with van der Waals surface area (Å²) in [5.41, 5.74) is 2.56. The monoisotopic (exact) mass is 359 g/mol. The molecule has 0 aliphatic heterocycles. The standard InChI is InChI=1S/C21H17N3O3/c22-11-6-12-23-20(25)14-27-21(26)17-13-19(15-7-2-1-3-8-15)24-18-10-5-4-9-16(17)18/h1-5,7-10,13H,6,12,14H2,(H,23,25). The topological polar surface area (TPSA) is 92.1 Å². The lowest BCUT2D eigenvalue weighted by molar-refractivity contribution is -0.124. The van der Waals surface area contributed by atoms with Gasteiger partial charge in [0.2, 0.25) is 0 Å². The Hall–Kier alpha value is -3.72. The molecule has 1 aromatic heterocycles. The number of para-hydroxylation sites is 1. The number of hydrogen-bond acceptors (Lipinski definition) is 5. The lowest BCUT2D eigenvalue weighted by atomic mass is 10.0. The van der Waals surface area contributed by atoms with E-state index in [2.05, 4.69) is 10.3 Å². The molecule has 6 nitrogen and oxygen atoms in total. The minimum absolute atomic E-state index is 0.203. The van der Waals surface area contributed by atoms with Gasteiger partial charge >= 0.3 is 5.97 Å². The third-order valence-electron chi connectivity index (χ3n) is 3.90. The molecule has 0 fully saturated rings. The van der Waals surface area contributed by atoms with Crippen molar-refractivity contribution in [1.29, 1.82) is 5.26 Å². The predicted octanol–water partition coefficient (Wildman–Crippen LogP) is 3.09. The van der Waals surface area contributed by atoms with E-state index < -0.39 is 18.5 Å². The first-order valence-electron chi connectivity index (χ1n) is 8.45. The van der Waals surface area contributed by atoms with Gasteiger partial charge in [-0.1, -0.05) is 48.5 Å². The van der Waals surface area contributed by atoms with E-state index in [-0.39, 0.29) is 13.0 Å². The van der Waals surface area contributed by atoms with Crippen molar-refractivity contribution in [3.63, 3.8) is 0 Å². The van der Waals surface area contributed by atoms with Crippen LogP contribution in [0.2, 0.25) is 0 Å². The van der Waals surface area contributed by atoms with Gasteiger partial charge in [-0.05, 0) is 12.1 Å². The second-order valence-corrected chi connectivity index (χ2v) is 5.77. The van der Waals surface area contributed by atoms with Crippen LogP contribution in [0.15, 0.2) is 60.7 Å². The summed E-state index contributed by atoms with van der Waals surface area (Å²) in [6, 6.07) is 20.4. The normalized spacial score (nSPS) is 10.2.